The van der Waals surface area contributed by atoms with E-state index in [4.69, 9.17) is 14.2 Å². The number of phenols is 2. The van der Waals surface area contributed by atoms with Crippen molar-refractivity contribution in [1.82, 2.24) is 0 Å². The third kappa shape index (κ3) is 2.62. The van der Waals surface area contributed by atoms with E-state index in [9.17, 15) is 15.0 Å². The van der Waals surface area contributed by atoms with E-state index in [1.54, 1.807) is 25.3 Å². The van der Waals surface area contributed by atoms with E-state index in [0.717, 1.165) is 5.56 Å². The molecule has 0 saturated carbocycles. The number of benzene rings is 2. The smallest absolute Gasteiger partial charge is 0.203 e. The Balaban J connectivity index is 2.01. The van der Waals surface area contributed by atoms with Crippen molar-refractivity contribution in [3.63, 3.8) is 0 Å². The highest BCUT2D eigenvalue weighted by Crippen LogP contribution is 2.46. The summed E-state index contributed by atoms with van der Waals surface area (Å²) in [7, 11) is 2.87. The second-order valence-electron chi connectivity index (χ2n) is 5.21. The summed E-state index contributed by atoms with van der Waals surface area (Å²) in [5.74, 6) is -0.407. The van der Waals surface area contributed by atoms with Gasteiger partial charge in [0.25, 0.3) is 0 Å². The number of ether oxygens (including phenoxy) is 3. The summed E-state index contributed by atoms with van der Waals surface area (Å²) in [5.41, 5.74) is 1.17. The number of carbonyl (C=O) groups is 1. The first-order valence-corrected chi connectivity index (χ1v) is 7.20. The molecule has 0 fully saturated rings. The van der Waals surface area contributed by atoms with Crippen LogP contribution in [0.4, 0.5) is 0 Å². The molecule has 1 heterocycles. The molecule has 2 aromatic rings. The van der Waals surface area contributed by atoms with Gasteiger partial charge < -0.3 is 24.4 Å². The van der Waals surface area contributed by atoms with Crippen LogP contribution < -0.4 is 14.2 Å². The predicted molar refractivity (Wildman–Crippen MR) is 87.1 cm³/mol. The van der Waals surface area contributed by atoms with E-state index in [1.807, 2.05) is 12.1 Å². The molecule has 0 bridgehead atoms. The molecule has 2 aromatic carbocycles. The van der Waals surface area contributed by atoms with Gasteiger partial charge in [0.2, 0.25) is 5.75 Å². The topological polar surface area (TPSA) is 85.2 Å². The minimum Gasteiger partial charge on any atom is -0.504 e. The Bertz CT molecular complexity index is 820. The first-order chi connectivity index (χ1) is 11.5. The average Bonchev–Trinajstić information content (AvgIpc) is 2.58. The van der Waals surface area contributed by atoms with Gasteiger partial charge in [0.05, 0.1) is 14.2 Å². The summed E-state index contributed by atoms with van der Waals surface area (Å²) in [4.78, 5) is 12.7. The fourth-order valence-corrected chi connectivity index (χ4v) is 2.54. The van der Waals surface area contributed by atoms with Crippen LogP contribution >= 0.6 is 0 Å². The molecule has 0 saturated heterocycles. The summed E-state index contributed by atoms with van der Waals surface area (Å²) in [5, 5.41) is 20.0. The van der Waals surface area contributed by atoms with Crippen LogP contribution in [0.5, 0.6) is 28.7 Å². The number of hydrogen-bond donors (Lipinski definition) is 2. The van der Waals surface area contributed by atoms with Crippen LogP contribution in [-0.2, 0) is 0 Å². The molecule has 124 valence electrons. The Kier molecular flexibility index (Phi) is 4.04. The highest BCUT2D eigenvalue weighted by Gasteiger charge is 2.30. The third-order valence-corrected chi connectivity index (χ3v) is 3.76. The van der Waals surface area contributed by atoms with Crippen molar-refractivity contribution in [3.05, 3.63) is 47.0 Å². The number of aromatic hydroxyl groups is 2. The Morgan fingerprint density at radius 1 is 1.12 bits per heavy atom. The van der Waals surface area contributed by atoms with E-state index in [2.05, 4.69) is 0 Å². The van der Waals surface area contributed by atoms with Crippen LogP contribution in [0.3, 0.4) is 0 Å². The highest BCUT2D eigenvalue weighted by molar-refractivity contribution is 6.16. The maximum Gasteiger partial charge on any atom is 0.203 e. The van der Waals surface area contributed by atoms with Crippen molar-refractivity contribution in [3.8, 4) is 28.7 Å². The zero-order valence-corrected chi connectivity index (χ0v) is 13.2. The van der Waals surface area contributed by atoms with Crippen LogP contribution in [0.15, 0.2) is 35.9 Å². The van der Waals surface area contributed by atoms with Crippen molar-refractivity contribution in [2.24, 2.45) is 0 Å². The molecule has 24 heavy (non-hydrogen) atoms. The molecule has 3 rings (SSSR count). The van der Waals surface area contributed by atoms with Crippen LogP contribution in [0.2, 0.25) is 0 Å². The molecular weight excluding hydrogens is 312 g/mol. The minimum atomic E-state index is -0.433. The van der Waals surface area contributed by atoms with Gasteiger partial charge in [-0.2, -0.15) is 0 Å². The van der Waals surface area contributed by atoms with Crippen LogP contribution in [0.1, 0.15) is 15.9 Å². The van der Waals surface area contributed by atoms with E-state index >= 15 is 0 Å². The predicted octanol–water partition coefficient (Wildman–Crippen LogP) is 2.77. The highest BCUT2D eigenvalue weighted by atomic mass is 16.5. The number of fused-ring (bicyclic) bond motifs is 1. The molecule has 1 aliphatic heterocycles. The Morgan fingerprint density at radius 2 is 1.83 bits per heavy atom. The standard InChI is InChI=1S/C18H16O6/c1-22-12-5-3-10(4-6-12)7-11-9-24-14-8-13(19)18(23-2)17(21)15(14)16(11)20/h3-8,19,21H,9H2,1-2H3. The van der Waals surface area contributed by atoms with Gasteiger partial charge in [-0.1, -0.05) is 12.1 Å². The molecule has 6 heteroatoms. The lowest BCUT2D eigenvalue weighted by atomic mass is 9.97. The average molecular weight is 328 g/mol. The van der Waals surface area contributed by atoms with E-state index in [1.165, 1.54) is 13.2 Å². The van der Waals surface area contributed by atoms with E-state index in [0.29, 0.717) is 11.3 Å². The van der Waals surface area contributed by atoms with Crippen molar-refractivity contribution in [2.45, 2.75) is 0 Å². The monoisotopic (exact) mass is 328 g/mol. The fourth-order valence-electron chi connectivity index (χ4n) is 2.54. The quantitative estimate of drug-likeness (QED) is 0.843. The SMILES string of the molecule is COc1ccc(C=C2COc3cc(O)c(OC)c(O)c3C2=O)cc1. The Labute approximate surface area is 138 Å². The molecule has 0 aliphatic carbocycles. The van der Waals surface area contributed by atoms with Crippen molar-refractivity contribution < 1.29 is 29.2 Å². The first kappa shape index (κ1) is 15.7. The number of hydrogen-bond acceptors (Lipinski definition) is 6. The molecule has 0 radical (unpaired) electrons. The molecule has 0 spiro atoms. The molecule has 1 aliphatic rings. The largest absolute Gasteiger partial charge is 0.504 e. The van der Waals surface area contributed by atoms with Crippen molar-refractivity contribution in [1.29, 1.82) is 0 Å². The molecule has 6 nitrogen and oxygen atoms in total. The van der Waals surface area contributed by atoms with E-state index in [-0.39, 0.29) is 35.2 Å². The number of phenolic OH excluding ortho intramolecular Hbond substituents is 2. The molecule has 0 unspecified atom stereocenters. The normalized spacial score (nSPS) is 14.9. The fraction of sp³-hybridized carbons (Fsp3) is 0.167. The minimum absolute atomic E-state index is 0.0179. The second-order valence-corrected chi connectivity index (χ2v) is 5.21. The van der Waals surface area contributed by atoms with Gasteiger partial charge in [0, 0.05) is 11.6 Å². The number of methoxy groups -OCH3 is 2. The van der Waals surface area contributed by atoms with Gasteiger partial charge in [0.1, 0.15) is 23.7 Å². The lowest BCUT2D eigenvalue weighted by Gasteiger charge is -2.21. The molecular formula is C18H16O6. The Hall–Kier alpha value is -3.15. The van der Waals surface area contributed by atoms with E-state index < -0.39 is 5.75 Å². The molecule has 2 N–H and O–H groups in total. The zero-order chi connectivity index (χ0) is 17.3. The molecule has 0 aromatic heterocycles. The molecule has 0 atom stereocenters. The van der Waals surface area contributed by atoms with Gasteiger partial charge in [0.15, 0.2) is 17.3 Å². The second kappa shape index (κ2) is 6.16. The van der Waals surface area contributed by atoms with Gasteiger partial charge >= 0.3 is 0 Å². The van der Waals surface area contributed by atoms with Crippen LogP contribution in [0.25, 0.3) is 6.08 Å². The summed E-state index contributed by atoms with van der Waals surface area (Å²) in [6, 6.07) is 8.45. The van der Waals surface area contributed by atoms with Gasteiger partial charge in [-0.15, -0.1) is 0 Å². The van der Waals surface area contributed by atoms with Gasteiger partial charge in [-0.05, 0) is 23.8 Å². The Morgan fingerprint density at radius 3 is 2.46 bits per heavy atom. The van der Waals surface area contributed by atoms with Crippen LogP contribution in [-0.4, -0.2) is 36.8 Å². The van der Waals surface area contributed by atoms with Gasteiger partial charge in [-0.25, -0.2) is 0 Å². The zero-order valence-electron chi connectivity index (χ0n) is 13.2. The third-order valence-electron chi connectivity index (χ3n) is 3.76. The summed E-state index contributed by atoms with van der Waals surface area (Å²) in [6.07, 6.45) is 1.68. The van der Waals surface area contributed by atoms with Crippen molar-refractivity contribution in [2.75, 3.05) is 20.8 Å². The number of ketones is 1. The first-order valence-electron chi connectivity index (χ1n) is 7.20. The maximum absolute atomic E-state index is 12.7. The molecule has 0 amide bonds. The van der Waals surface area contributed by atoms with Gasteiger partial charge in [-0.3, -0.25) is 4.79 Å². The number of Topliss-reactive ketones (excluding diaryl/α,β-unsaturated/α-hetero) is 1. The lowest BCUT2D eigenvalue weighted by Crippen LogP contribution is -2.19. The maximum atomic E-state index is 12.7. The number of carbonyl (C=O) groups excluding carboxylic acids is 1. The summed E-state index contributed by atoms with van der Waals surface area (Å²) >= 11 is 0. The van der Waals surface area contributed by atoms with Crippen LogP contribution in [0, 0.1) is 0 Å². The number of rotatable bonds is 3. The lowest BCUT2D eigenvalue weighted by molar-refractivity contribution is 0.0996. The summed E-state index contributed by atoms with van der Waals surface area (Å²) in [6.45, 7) is 0.0447. The summed E-state index contributed by atoms with van der Waals surface area (Å²) < 4.78 is 15.5. The van der Waals surface area contributed by atoms with Crippen molar-refractivity contribution >= 4 is 11.9 Å².